The molecule has 1 amide bonds. The minimum absolute atomic E-state index is 0.0488. The molecule has 1 aliphatic rings. The summed E-state index contributed by atoms with van der Waals surface area (Å²) >= 11 is 0. The molecule has 1 saturated heterocycles. The van der Waals surface area contributed by atoms with Crippen LogP contribution in [0.3, 0.4) is 0 Å². The molecule has 4 aromatic rings. The number of para-hydroxylation sites is 1. The third kappa shape index (κ3) is 4.16. The van der Waals surface area contributed by atoms with E-state index in [1.807, 2.05) is 60.1 Å². The maximum Gasteiger partial charge on any atom is 0.225 e. The van der Waals surface area contributed by atoms with Crippen LogP contribution in [0, 0.1) is 19.8 Å². The van der Waals surface area contributed by atoms with E-state index in [9.17, 15) is 4.79 Å². The van der Waals surface area contributed by atoms with E-state index >= 15 is 0 Å². The zero-order chi connectivity index (χ0) is 22.8. The van der Waals surface area contributed by atoms with E-state index in [4.69, 9.17) is 5.10 Å². The molecule has 0 spiro atoms. The van der Waals surface area contributed by atoms with Crippen molar-refractivity contribution in [3.05, 3.63) is 71.8 Å². The maximum atomic E-state index is 12.9. The average Bonchev–Trinajstić information content (AvgIpc) is 3.22. The number of nitrogens with one attached hydrogen (secondary N) is 1. The maximum absolute atomic E-state index is 12.9. The second-order valence-corrected chi connectivity index (χ2v) is 8.49. The first-order valence-corrected chi connectivity index (χ1v) is 11.3. The van der Waals surface area contributed by atoms with Crippen LogP contribution in [0.2, 0.25) is 0 Å². The van der Waals surface area contributed by atoms with E-state index in [0.29, 0.717) is 13.1 Å². The quantitative estimate of drug-likeness (QED) is 0.511. The number of aromatic nitrogens is 5. The van der Waals surface area contributed by atoms with Crippen molar-refractivity contribution in [2.45, 2.75) is 33.2 Å². The predicted octanol–water partition coefficient (Wildman–Crippen LogP) is 3.36. The molecule has 1 fully saturated rings. The first-order chi connectivity index (χ1) is 16.1. The summed E-state index contributed by atoms with van der Waals surface area (Å²) in [6, 6.07) is 15.8. The van der Waals surface area contributed by atoms with Gasteiger partial charge in [-0.15, -0.1) is 5.10 Å². The summed E-state index contributed by atoms with van der Waals surface area (Å²) in [5.74, 6) is 0.682. The highest BCUT2D eigenvalue weighted by Crippen LogP contribution is 2.31. The summed E-state index contributed by atoms with van der Waals surface area (Å²) < 4.78 is 1.95. The Hall–Kier alpha value is -3.81. The van der Waals surface area contributed by atoms with Gasteiger partial charge < -0.3 is 10.2 Å². The Morgan fingerprint density at radius 3 is 2.70 bits per heavy atom. The second-order valence-electron chi connectivity index (χ2n) is 8.49. The number of carbonyl (C=O) groups is 1. The molecule has 1 atom stereocenters. The van der Waals surface area contributed by atoms with Crippen LogP contribution >= 0.6 is 0 Å². The smallest absolute Gasteiger partial charge is 0.225 e. The normalized spacial score (nSPS) is 16.2. The fourth-order valence-corrected chi connectivity index (χ4v) is 4.55. The van der Waals surface area contributed by atoms with Gasteiger partial charge in [-0.1, -0.05) is 24.3 Å². The minimum Gasteiger partial charge on any atom is -0.352 e. The first-order valence-electron chi connectivity index (χ1n) is 11.3. The molecule has 0 unspecified atom stereocenters. The van der Waals surface area contributed by atoms with E-state index in [1.54, 1.807) is 6.20 Å². The van der Waals surface area contributed by atoms with Crippen LogP contribution in [0.25, 0.3) is 16.6 Å². The van der Waals surface area contributed by atoms with Gasteiger partial charge in [0.2, 0.25) is 5.91 Å². The van der Waals surface area contributed by atoms with Gasteiger partial charge in [0.1, 0.15) is 5.52 Å². The molecule has 5 rings (SSSR count). The van der Waals surface area contributed by atoms with Crippen molar-refractivity contribution in [2.75, 3.05) is 18.0 Å². The third-order valence-corrected chi connectivity index (χ3v) is 6.25. The van der Waals surface area contributed by atoms with Crippen LogP contribution in [0.5, 0.6) is 0 Å². The molecule has 1 N–H and O–H groups in total. The zero-order valence-electron chi connectivity index (χ0n) is 18.9. The Morgan fingerprint density at radius 1 is 1.09 bits per heavy atom. The van der Waals surface area contributed by atoms with E-state index in [-0.39, 0.29) is 11.8 Å². The summed E-state index contributed by atoms with van der Waals surface area (Å²) in [7, 11) is 0. The van der Waals surface area contributed by atoms with Crippen LogP contribution in [-0.2, 0) is 11.3 Å². The lowest BCUT2D eigenvalue weighted by Gasteiger charge is -2.32. The monoisotopic (exact) mass is 441 g/mol. The molecule has 0 aliphatic carbocycles. The topological polar surface area (TPSA) is 88.8 Å². The second kappa shape index (κ2) is 8.97. The number of anilines is 1. The molecule has 1 aromatic carbocycles. The highest BCUT2D eigenvalue weighted by atomic mass is 16.1. The van der Waals surface area contributed by atoms with Crippen molar-refractivity contribution in [3.63, 3.8) is 0 Å². The molecule has 8 nitrogen and oxygen atoms in total. The Kier molecular flexibility index (Phi) is 5.73. The van der Waals surface area contributed by atoms with Gasteiger partial charge in [-0.05, 0) is 51.0 Å². The fraction of sp³-hybridized carbons (Fsp3) is 0.320. The summed E-state index contributed by atoms with van der Waals surface area (Å²) in [4.78, 5) is 19.3. The minimum atomic E-state index is -0.113. The van der Waals surface area contributed by atoms with Gasteiger partial charge in [0.15, 0.2) is 5.82 Å². The number of fused-ring (bicyclic) bond motifs is 1. The van der Waals surface area contributed by atoms with Gasteiger partial charge in [0, 0.05) is 19.3 Å². The van der Waals surface area contributed by atoms with Gasteiger partial charge in [-0.25, -0.2) is 4.68 Å². The van der Waals surface area contributed by atoms with E-state index < -0.39 is 0 Å². The predicted molar refractivity (Wildman–Crippen MR) is 127 cm³/mol. The van der Waals surface area contributed by atoms with Gasteiger partial charge in [0.25, 0.3) is 0 Å². The van der Waals surface area contributed by atoms with Crippen molar-refractivity contribution in [2.24, 2.45) is 5.92 Å². The van der Waals surface area contributed by atoms with Gasteiger partial charge in [-0.3, -0.25) is 9.78 Å². The van der Waals surface area contributed by atoms with E-state index in [0.717, 1.165) is 58.9 Å². The lowest BCUT2D eigenvalue weighted by molar-refractivity contribution is -0.125. The third-order valence-electron chi connectivity index (χ3n) is 6.25. The summed E-state index contributed by atoms with van der Waals surface area (Å²) in [5.41, 5.74) is 4.58. The van der Waals surface area contributed by atoms with E-state index in [2.05, 4.69) is 32.3 Å². The highest BCUT2D eigenvalue weighted by Gasteiger charge is 2.29. The summed E-state index contributed by atoms with van der Waals surface area (Å²) in [6.45, 7) is 5.88. The lowest BCUT2D eigenvalue weighted by Crippen LogP contribution is -2.43. The largest absolute Gasteiger partial charge is 0.352 e. The number of pyridine rings is 1. The number of piperidine rings is 1. The van der Waals surface area contributed by atoms with Crippen molar-refractivity contribution in [1.29, 1.82) is 0 Å². The highest BCUT2D eigenvalue weighted by molar-refractivity contribution is 5.92. The number of carbonyl (C=O) groups excluding carboxylic acids is 1. The van der Waals surface area contributed by atoms with Crippen LogP contribution in [-0.4, -0.2) is 44.0 Å². The number of hydrogen-bond acceptors (Lipinski definition) is 6. The van der Waals surface area contributed by atoms with Crippen molar-refractivity contribution >= 4 is 22.6 Å². The Balaban J connectivity index is 1.40. The molecule has 8 heteroatoms. The number of nitrogens with zero attached hydrogens (tertiary/aromatic N) is 6. The lowest BCUT2D eigenvalue weighted by atomic mass is 9.97. The SMILES string of the molecule is Cc1nnc(N2CCC[C@H](C(=O)NCc3ccccn3)C2)c2nn(-c3ccccc3)c(C)c12. The Bertz CT molecular complexity index is 1270. The number of aryl methyl sites for hydroxylation is 2. The first kappa shape index (κ1) is 21.1. The van der Waals surface area contributed by atoms with Gasteiger partial charge in [-0.2, -0.15) is 10.2 Å². The average molecular weight is 442 g/mol. The van der Waals surface area contributed by atoms with E-state index in [1.165, 1.54) is 0 Å². The Labute approximate surface area is 192 Å². The molecular formula is C25H27N7O. The standard InChI is InChI=1S/C25H27N7O/c1-17-22-18(2)32(21-11-4-3-5-12-21)30-23(22)24(29-28-17)31-14-8-9-19(16-31)25(33)27-15-20-10-6-7-13-26-20/h3-7,10-13,19H,8-9,14-16H2,1-2H3,(H,27,33)/t19-/m0/s1. The molecule has 3 aromatic heterocycles. The fourth-order valence-electron chi connectivity index (χ4n) is 4.55. The van der Waals surface area contributed by atoms with Gasteiger partial charge >= 0.3 is 0 Å². The molecule has 168 valence electrons. The Morgan fingerprint density at radius 2 is 1.91 bits per heavy atom. The molecule has 33 heavy (non-hydrogen) atoms. The van der Waals surface area contributed by atoms with Crippen LogP contribution in [0.4, 0.5) is 5.82 Å². The van der Waals surface area contributed by atoms with Crippen LogP contribution in [0.15, 0.2) is 54.7 Å². The molecule has 0 saturated carbocycles. The number of amides is 1. The molecule has 0 bridgehead atoms. The summed E-state index contributed by atoms with van der Waals surface area (Å²) in [5, 5.41) is 18.0. The van der Waals surface area contributed by atoms with Crippen molar-refractivity contribution < 1.29 is 4.79 Å². The summed E-state index contributed by atoms with van der Waals surface area (Å²) in [6.07, 6.45) is 3.50. The molecule has 1 aliphatic heterocycles. The number of rotatable bonds is 5. The number of benzene rings is 1. The molecule has 0 radical (unpaired) electrons. The van der Waals surface area contributed by atoms with Gasteiger partial charge in [0.05, 0.1) is 40.6 Å². The van der Waals surface area contributed by atoms with Crippen molar-refractivity contribution in [3.8, 4) is 5.69 Å². The zero-order valence-corrected chi connectivity index (χ0v) is 18.9. The molecular weight excluding hydrogens is 414 g/mol. The molecule has 4 heterocycles. The van der Waals surface area contributed by atoms with Crippen LogP contribution < -0.4 is 10.2 Å². The van der Waals surface area contributed by atoms with Crippen molar-refractivity contribution in [1.82, 2.24) is 30.3 Å². The van der Waals surface area contributed by atoms with Crippen LogP contribution in [0.1, 0.15) is 29.9 Å². The number of hydrogen-bond donors (Lipinski definition) is 1.